The van der Waals surface area contributed by atoms with Crippen molar-refractivity contribution in [3.8, 4) is 0 Å². The van der Waals surface area contributed by atoms with E-state index >= 15 is 0 Å². The molecule has 3 rings (SSSR count). The van der Waals surface area contributed by atoms with Crippen LogP contribution in [0.15, 0.2) is 30.5 Å². The SMILES string of the molecule is N[C@@H](Cc1c[nH]c2ccccc12)C(=O)NC1CCCNC1=O. The highest BCUT2D eigenvalue weighted by Crippen LogP contribution is 2.18. The van der Waals surface area contributed by atoms with E-state index in [9.17, 15) is 9.59 Å². The van der Waals surface area contributed by atoms with Gasteiger partial charge in [0.15, 0.2) is 0 Å². The van der Waals surface area contributed by atoms with Crippen molar-refractivity contribution in [2.45, 2.75) is 31.3 Å². The fraction of sp³-hybridized carbons (Fsp3) is 0.375. The van der Waals surface area contributed by atoms with Gasteiger partial charge in [-0.3, -0.25) is 9.59 Å². The lowest BCUT2D eigenvalue weighted by Gasteiger charge is -2.24. The molecule has 22 heavy (non-hydrogen) atoms. The third-order valence-electron chi connectivity index (χ3n) is 4.05. The molecule has 2 aromatic rings. The predicted octanol–water partition coefficient (Wildman–Crippen LogP) is 0.432. The monoisotopic (exact) mass is 300 g/mol. The van der Waals surface area contributed by atoms with Crippen LogP contribution in [0.5, 0.6) is 0 Å². The number of carbonyl (C=O) groups is 2. The molecular weight excluding hydrogens is 280 g/mol. The number of nitrogens with one attached hydrogen (secondary N) is 3. The summed E-state index contributed by atoms with van der Waals surface area (Å²) >= 11 is 0. The van der Waals surface area contributed by atoms with E-state index in [1.807, 2.05) is 30.5 Å². The molecule has 1 saturated heterocycles. The van der Waals surface area contributed by atoms with Gasteiger partial charge in [0, 0.05) is 23.6 Å². The van der Waals surface area contributed by atoms with E-state index < -0.39 is 12.1 Å². The van der Waals surface area contributed by atoms with Crippen LogP contribution >= 0.6 is 0 Å². The Balaban J connectivity index is 1.64. The van der Waals surface area contributed by atoms with Crippen LogP contribution in [0.2, 0.25) is 0 Å². The molecule has 0 bridgehead atoms. The summed E-state index contributed by atoms with van der Waals surface area (Å²) in [6.45, 7) is 0.673. The van der Waals surface area contributed by atoms with Crippen molar-refractivity contribution >= 4 is 22.7 Å². The van der Waals surface area contributed by atoms with E-state index in [0.717, 1.165) is 22.9 Å². The molecule has 2 atom stereocenters. The van der Waals surface area contributed by atoms with Crippen LogP contribution in [-0.2, 0) is 16.0 Å². The molecule has 1 aromatic carbocycles. The quantitative estimate of drug-likeness (QED) is 0.659. The number of benzene rings is 1. The van der Waals surface area contributed by atoms with Crippen LogP contribution in [0.3, 0.4) is 0 Å². The molecule has 2 amide bonds. The zero-order valence-corrected chi connectivity index (χ0v) is 12.3. The zero-order chi connectivity index (χ0) is 15.5. The number of carbonyl (C=O) groups excluding carboxylic acids is 2. The first-order chi connectivity index (χ1) is 10.6. The van der Waals surface area contributed by atoms with Gasteiger partial charge in [-0.15, -0.1) is 0 Å². The van der Waals surface area contributed by atoms with Crippen molar-refractivity contribution in [1.82, 2.24) is 15.6 Å². The summed E-state index contributed by atoms with van der Waals surface area (Å²) < 4.78 is 0. The normalized spacial score (nSPS) is 19.7. The molecule has 1 unspecified atom stereocenters. The number of nitrogens with two attached hydrogens (primary N) is 1. The fourth-order valence-corrected chi connectivity index (χ4v) is 2.82. The smallest absolute Gasteiger partial charge is 0.242 e. The number of aromatic amines is 1. The van der Waals surface area contributed by atoms with E-state index in [1.165, 1.54) is 0 Å². The Morgan fingerprint density at radius 3 is 3.05 bits per heavy atom. The van der Waals surface area contributed by atoms with E-state index in [2.05, 4.69) is 15.6 Å². The lowest BCUT2D eigenvalue weighted by atomic mass is 10.0. The van der Waals surface area contributed by atoms with Crippen molar-refractivity contribution in [3.05, 3.63) is 36.0 Å². The highest BCUT2D eigenvalue weighted by Gasteiger charge is 2.26. The number of fused-ring (bicyclic) bond motifs is 1. The lowest BCUT2D eigenvalue weighted by Crippen LogP contribution is -2.54. The van der Waals surface area contributed by atoms with Crippen LogP contribution in [0.1, 0.15) is 18.4 Å². The molecule has 0 radical (unpaired) electrons. The molecule has 5 N–H and O–H groups in total. The number of H-pyrrole nitrogens is 1. The average Bonchev–Trinajstić information content (AvgIpc) is 2.93. The molecule has 6 heteroatoms. The standard InChI is InChI=1S/C16H20N4O2/c17-12(15(21)20-14-6-3-7-18-16(14)22)8-10-9-19-13-5-2-1-4-11(10)13/h1-2,4-5,9,12,14,19H,3,6-8,17H2,(H,18,22)(H,20,21)/t12-,14?/m0/s1. The maximum absolute atomic E-state index is 12.2. The number of hydrogen-bond acceptors (Lipinski definition) is 3. The van der Waals surface area contributed by atoms with E-state index in [-0.39, 0.29) is 11.8 Å². The Hall–Kier alpha value is -2.34. The van der Waals surface area contributed by atoms with Crippen LogP contribution in [0.25, 0.3) is 10.9 Å². The number of amides is 2. The van der Waals surface area contributed by atoms with Gasteiger partial charge in [0.1, 0.15) is 6.04 Å². The van der Waals surface area contributed by atoms with Gasteiger partial charge in [-0.2, -0.15) is 0 Å². The summed E-state index contributed by atoms with van der Waals surface area (Å²) in [5, 5.41) is 6.56. The second kappa shape index (κ2) is 6.19. The topological polar surface area (TPSA) is 100 Å². The number of aromatic nitrogens is 1. The Kier molecular flexibility index (Phi) is 4.11. The fourth-order valence-electron chi connectivity index (χ4n) is 2.82. The Labute approximate surface area is 128 Å². The third kappa shape index (κ3) is 2.96. The van der Waals surface area contributed by atoms with Gasteiger partial charge >= 0.3 is 0 Å². The molecule has 1 aromatic heterocycles. The van der Waals surface area contributed by atoms with Gasteiger partial charge < -0.3 is 21.4 Å². The minimum atomic E-state index is -0.672. The van der Waals surface area contributed by atoms with Crippen LogP contribution < -0.4 is 16.4 Å². The molecule has 1 aliphatic rings. The summed E-state index contributed by atoms with van der Waals surface area (Å²) in [5.74, 6) is -0.411. The first-order valence-electron chi connectivity index (χ1n) is 7.54. The second-order valence-electron chi connectivity index (χ2n) is 5.66. The van der Waals surface area contributed by atoms with E-state index in [1.54, 1.807) is 0 Å². The molecule has 6 nitrogen and oxygen atoms in total. The molecule has 0 saturated carbocycles. The Morgan fingerprint density at radius 1 is 1.41 bits per heavy atom. The first kappa shape index (κ1) is 14.6. The van der Waals surface area contributed by atoms with Gasteiger partial charge in [-0.25, -0.2) is 0 Å². The van der Waals surface area contributed by atoms with Gasteiger partial charge in [0.2, 0.25) is 11.8 Å². The van der Waals surface area contributed by atoms with Crippen LogP contribution in [-0.4, -0.2) is 35.4 Å². The van der Waals surface area contributed by atoms with E-state index in [4.69, 9.17) is 5.73 Å². The van der Waals surface area contributed by atoms with Crippen molar-refractivity contribution in [2.75, 3.05) is 6.54 Å². The number of hydrogen-bond donors (Lipinski definition) is 4. The number of para-hydroxylation sites is 1. The molecule has 2 heterocycles. The summed E-state index contributed by atoms with van der Waals surface area (Å²) in [6.07, 6.45) is 3.85. The zero-order valence-electron chi connectivity index (χ0n) is 12.3. The summed E-state index contributed by atoms with van der Waals surface area (Å²) in [6, 6.07) is 6.76. The van der Waals surface area contributed by atoms with Gasteiger partial charge in [0.05, 0.1) is 6.04 Å². The Morgan fingerprint density at radius 2 is 2.23 bits per heavy atom. The third-order valence-corrected chi connectivity index (χ3v) is 4.05. The number of piperidine rings is 1. The second-order valence-corrected chi connectivity index (χ2v) is 5.66. The van der Waals surface area contributed by atoms with Crippen molar-refractivity contribution in [1.29, 1.82) is 0 Å². The van der Waals surface area contributed by atoms with Gasteiger partial charge in [0.25, 0.3) is 0 Å². The average molecular weight is 300 g/mol. The molecule has 0 spiro atoms. The van der Waals surface area contributed by atoms with Crippen LogP contribution in [0, 0.1) is 0 Å². The molecule has 0 aliphatic carbocycles. The summed E-state index contributed by atoms with van der Waals surface area (Å²) in [5.41, 5.74) is 8.04. The van der Waals surface area contributed by atoms with Crippen molar-refractivity contribution < 1.29 is 9.59 Å². The molecule has 1 aliphatic heterocycles. The first-order valence-corrected chi connectivity index (χ1v) is 7.54. The maximum Gasteiger partial charge on any atom is 0.242 e. The predicted molar refractivity (Wildman–Crippen MR) is 84.2 cm³/mol. The highest BCUT2D eigenvalue weighted by atomic mass is 16.2. The number of rotatable bonds is 4. The van der Waals surface area contributed by atoms with Gasteiger partial charge in [-0.1, -0.05) is 18.2 Å². The van der Waals surface area contributed by atoms with Crippen LogP contribution in [0.4, 0.5) is 0 Å². The minimum absolute atomic E-state index is 0.126. The van der Waals surface area contributed by atoms with Crippen molar-refractivity contribution in [3.63, 3.8) is 0 Å². The maximum atomic E-state index is 12.2. The minimum Gasteiger partial charge on any atom is -0.361 e. The lowest BCUT2D eigenvalue weighted by molar-refractivity contribution is -0.130. The largest absolute Gasteiger partial charge is 0.361 e. The molecular formula is C16H20N4O2. The highest BCUT2D eigenvalue weighted by molar-refractivity contribution is 5.91. The Bertz CT molecular complexity index is 694. The van der Waals surface area contributed by atoms with Gasteiger partial charge in [-0.05, 0) is 30.9 Å². The molecule has 1 fully saturated rings. The molecule has 116 valence electrons. The van der Waals surface area contributed by atoms with Crippen molar-refractivity contribution in [2.24, 2.45) is 5.73 Å². The summed E-state index contributed by atoms with van der Waals surface area (Å²) in [4.78, 5) is 27.0. The summed E-state index contributed by atoms with van der Waals surface area (Å²) in [7, 11) is 0. The van der Waals surface area contributed by atoms with E-state index in [0.29, 0.717) is 19.4 Å².